The predicted octanol–water partition coefficient (Wildman–Crippen LogP) is 3.87. The van der Waals surface area contributed by atoms with Crippen molar-refractivity contribution in [3.8, 4) is 0 Å². The molecule has 2 bridgehead atoms. The van der Waals surface area contributed by atoms with Gasteiger partial charge in [0, 0.05) is 19.3 Å². The van der Waals surface area contributed by atoms with E-state index in [9.17, 15) is 4.79 Å². The number of fused-ring (bicyclic) bond motifs is 3. The van der Waals surface area contributed by atoms with Crippen LogP contribution in [0.25, 0.3) is 5.52 Å². The number of amides is 1. The Balaban J connectivity index is 0.000000197. The summed E-state index contributed by atoms with van der Waals surface area (Å²) in [6, 6.07) is 6.10. The number of aromatic nitrogens is 2. The van der Waals surface area contributed by atoms with Crippen molar-refractivity contribution in [2.45, 2.75) is 58.6 Å². The van der Waals surface area contributed by atoms with E-state index >= 15 is 0 Å². The quantitative estimate of drug-likeness (QED) is 0.804. The van der Waals surface area contributed by atoms with E-state index in [4.69, 9.17) is 9.53 Å². The summed E-state index contributed by atoms with van der Waals surface area (Å²) in [4.78, 5) is 26.0. The molecule has 1 aliphatic carbocycles. The fraction of sp³-hybridized carbons (Fsp3) is 0.609. The zero-order chi connectivity index (χ0) is 22.5. The number of nitrogens with one attached hydrogen (secondary N) is 1. The number of piperidine rings is 2. The van der Waals surface area contributed by atoms with Gasteiger partial charge < -0.3 is 24.1 Å². The van der Waals surface area contributed by atoms with Gasteiger partial charge in [-0.2, -0.15) is 0 Å². The van der Waals surface area contributed by atoms with Crippen LogP contribution >= 0.6 is 0 Å². The Labute approximate surface area is 179 Å². The summed E-state index contributed by atoms with van der Waals surface area (Å²) in [5, 5.41) is 3.25. The van der Waals surface area contributed by atoms with Crippen LogP contribution in [0.1, 0.15) is 53.3 Å². The highest BCUT2D eigenvalue weighted by molar-refractivity contribution is 5.68. The summed E-state index contributed by atoms with van der Waals surface area (Å²) in [5.41, 5.74) is 0.665. The third kappa shape index (κ3) is 5.81. The van der Waals surface area contributed by atoms with Crippen LogP contribution in [0.4, 0.5) is 4.79 Å². The summed E-state index contributed by atoms with van der Waals surface area (Å²) in [5.74, 6) is 2.54. The van der Waals surface area contributed by atoms with Crippen molar-refractivity contribution in [1.82, 2.24) is 19.6 Å². The molecule has 0 spiro atoms. The van der Waals surface area contributed by atoms with Crippen LogP contribution in [0.15, 0.2) is 30.6 Å². The summed E-state index contributed by atoms with van der Waals surface area (Å²) in [6.45, 7) is 13.8. The number of carbonyl (C=O) groups is 2. The van der Waals surface area contributed by atoms with Crippen molar-refractivity contribution in [3.05, 3.63) is 36.4 Å². The normalized spacial score (nSPS) is 20.3. The molecule has 2 aromatic heterocycles. The number of hydrogen-bond acceptors (Lipinski definition) is 5. The first kappa shape index (κ1) is 23.9. The third-order valence-electron chi connectivity index (χ3n) is 5.56. The molecule has 7 nitrogen and oxygen atoms in total. The van der Waals surface area contributed by atoms with Crippen LogP contribution in [-0.4, -0.2) is 52.9 Å². The van der Waals surface area contributed by atoms with Crippen LogP contribution in [0.2, 0.25) is 0 Å². The van der Waals surface area contributed by atoms with Gasteiger partial charge in [-0.3, -0.25) is 0 Å². The fourth-order valence-electron chi connectivity index (χ4n) is 3.86. The molecule has 2 aliphatic heterocycles. The molecule has 0 atom stereocenters. The van der Waals surface area contributed by atoms with Crippen LogP contribution in [0, 0.1) is 11.8 Å². The van der Waals surface area contributed by atoms with Crippen LogP contribution < -0.4 is 5.32 Å². The Hall–Kier alpha value is -2.41. The number of ether oxygens (including phenoxy) is 1. The maximum atomic E-state index is 11.7. The molecule has 2 aromatic rings. The van der Waals surface area contributed by atoms with Gasteiger partial charge in [-0.15, -0.1) is 0 Å². The average molecular weight is 417 g/mol. The van der Waals surface area contributed by atoms with Crippen molar-refractivity contribution in [1.29, 1.82) is 0 Å². The van der Waals surface area contributed by atoms with Crippen LogP contribution in [0.3, 0.4) is 0 Å². The SMILES string of the molecule is C=O.CC(C)(C)OC(=O)N1CC2CC(C2)C1.CNC(C)(C)c1ncc2ccccn12. The van der Waals surface area contributed by atoms with E-state index in [-0.39, 0.29) is 17.2 Å². The molecule has 1 amide bonds. The van der Waals surface area contributed by atoms with Gasteiger partial charge in [0.1, 0.15) is 18.2 Å². The zero-order valence-corrected chi connectivity index (χ0v) is 19.1. The molecule has 166 valence electrons. The minimum Gasteiger partial charge on any atom is -0.444 e. The second-order valence-electron chi connectivity index (χ2n) is 9.54. The Morgan fingerprint density at radius 3 is 2.27 bits per heavy atom. The average Bonchev–Trinajstić information content (AvgIpc) is 3.13. The summed E-state index contributed by atoms with van der Waals surface area (Å²) < 4.78 is 7.44. The van der Waals surface area contributed by atoms with Gasteiger partial charge in [0.15, 0.2) is 0 Å². The lowest BCUT2D eigenvalue weighted by Crippen LogP contribution is -2.52. The first-order valence-corrected chi connectivity index (χ1v) is 10.5. The zero-order valence-electron chi connectivity index (χ0n) is 19.1. The van der Waals surface area contributed by atoms with Crippen molar-refractivity contribution >= 4 is 18.4 Å². The Kier molecular flexibility index (Phi) is 7.64. The second-order valence-corrected chi connectivity index (χ2v) is 9.54. The largest absolute Gasteiger partial charge is 0.444 e. The molecule has 3 aliphatic rings. The van der Waals surface area contributed by atoms with E-state index in [1.807, 2.05) is 64.0 Å². The number of nitrogens with zero attached hydrogens (tertiary/aromatic N) is 3. The molecule has 0 aromatic carbocycles. The standard InChI is InChI=1S/C11H15N3.C11H19NO2.CH2O/c1-11(2,12-3)10-13-8-9-6-4-5-7-14(9)10;1-11(2,3)14-10(13)12-6-8-4-9(5-8)7-12;1-2/h4-8,12H,1-3H3;8-9H,4-7H2,1-3H3;1H2. The Morgan fingerprint density at radius 2 is 1.73 bits per heavy atom. The van der Waals surface area contributed by atoms with E-state index in [1.165, 1.54) is 12.8 Å². The molecule has 2 saturated heterocycles. The second kappa shape index (κ2) is 9.60. The molecule has 1 N–H and O–H groups in total. The van der Waals surface area contributed by atoms with Crippen LogP contribution in [0.5, 0.6) is 0 Å². The summed E-state index contributed by atoms with van der Waals surface area (Å²) >= 11 is 0. The number of hydrogen-bond donors (Lipinski definition) is 1. The lowest BCUT2D eigenvalue weighted by Gasteiger charge is -2.47. The molecule has 5 rings (SSSR count). The highest BCUT2D eigenvalue weighted by Gasteiger charge is 2.40. The number of pyridine rings is 1. The third-order valence-corrected chi connectivity index (χ3v) is 5.56. The number of carbonyl (C=O) groups excluding carboxylic acids is 2. The fourth-order valence-corrected chi connectivity index (χ4v) is 3.86. The summed E-state index contributed by atoms with van der Waals surface area (Å²) in [6.07, 6.45) is 6.44. The first-order valence-electron chi connectivity index (χ1n) is 10.5. The lowest BCUT2D eigenvalue weighted by molar-refractivity contribution is -0.0980. The van der Waals surface area contributed by atoms with Crippen LogP contribution in [-0.2, 0) is 15.1 Å². The topological polar surface area (TPSA) is 75.9 Å². The molecule has 4 heterocycles. The van der Waals surface area contributed by atoms with Gasteiger partial charge in [0.05, 0.1) is 17.3 Å². The predicted molar refractivity (Wildman–Crippen MR) is 118 cm³/mol. The Morgan fingerprint density at radius 1 is 1.13 bits per heavy atom. The number of rotatable bonds is 2. The number of imidazole rings is 1. The van der Waals surface area contributed by atoms with Crippen molar-refractivity contribution in [3.63, 3.8) is 0 Å². The van der Waals surface area contributed by atoms with Crippen molar-refractivity contribution in [2.75, 3.05) is 20.1 Å². The van der Waals surface area contributed by atoms with Crippen molar-refractivity contribution < 1.29 is 14.3 Å². The van der Waals surface area contributed by atoms with Gasteiger partial charge in [-0.05, 0) is 78.5 Å². The maximum Gasteiger partial charge on any atom is 0.410 e. The minimum atomic E-state index is -0.362. The smallest absolute Gasteiger partial charge is 0.410 e. The van der Waals surface area contributed by atoms with Crippen molar-refractivity contribution in [2.24, 2.45) is 11.8 Å². The van der Waals surface area contributed by atoms with E-state index in [0.717, 1.165) is 36.3 Å². The molecule has 1 saturated carbocycles. The molecular weight excluding hydrogens is 380 g/mol. The Bertz CT molecular complexity index is 824. The van der Waals surface area contributed by atoms with E-state index in [1.54, 1.807) is 0 Å². The first-order chi connectivity index (χ1) is 14.1. The minimum absolute atomic E-state index is 0.103. The highest BCUT2D eigenvalue weighted by Crippen LogP contribution is 2.39. The van der Waals surface area contributed by atoms with Gasteiger partial charge in [-0.25, -0.2) is 9.78 Å². The molecule has 7 heteroatoms. The van der Waals surface area contributed by atoms with Gasteiger partial charge in [0.25, 0.3) is 0 Å². The monoisotopic (exact) mass is 416 g/mol. The van der Waals surface area contributed by atoms with Gasteiger partial charge in [-0.1, -0.05) is 6.07 Å². The van der Waals surface area contributed by atoms with Gasteiger partial charge in [0.2, 0.25) is 0 Å². The highest BCUT2D eigenvalue weighted by atomic mass is 16.6. The molecule has 0 unspecified atom stereocenters. The molecular formula is C23H36N4O3. The molecule has 3 fully saturated rings. The van der Waals surface area contributed by atoms with E-state index in [0.29, 0.717) is 0 Å². The molecule has 0 radical (unpaired) electrons. The lowest BCUT2D eigenvalue weighted by atomic mass is 9.71. The van der Waals surface area contributed by atoms with E-state index < -0.39 is 0 Å². The summed E-state index contributed by atoms with van der Waals surface area (Å²) in [7, 11) is 1.95. The van der Waals surface area contributed by atoms with E-state index in [2.05, 4.69) is 34.6 Å². The molecule has 30 heavy (non-hydrogen) atoms. The van der Waals surface area contributed by atoms with Gasteiger partial charge >= 0.3 is 6.09 Å². The maximum absolute atomic E-state index is 11.7.